The molecule has 0 saturated carbocycles. The third-order valence-electron chi connectivity index (χ3n) is 5.14. The number of nitrogens with one attached hydrogen (secondary N) is 1. The molecule has 11 heteroatoms. The van der Waals surface area contributed by atoms with E-state index in [1.807, 2.05) is 37.4 Å². The Balaban J connectivity index is 1.43. The van der Waals surface area contributed by atoms with Crippen LogP contribution in [0, 0.1) is 6.92 Å². The molecular weight excluding hydrogens is 472 g/mol. The smallest absolute Gasteiger partial charge is 0.268 e. The van der Waals surface area contributed by atoms with Gasteiger partial charge in [0.25, 0.3) is 11.4 Å². The van der Waals surface area contributed by atoms with Crippen LogP contribution in [0.5, 0.6) is 0 Å². The number of thioether (sulfide) groups is 1. The molecule has 4 heterocycles. The fourth-order valence-corrected chi connectivity index (χ4v) is 4.99. The number of nitrogens with zero attached hydrogens (tertiary/aromatic N) is 5. The lowest BCUT2D eigenvalue weighted by atomic mass is 10.2. The number of rotatable bonds is 6. The highest BCUT2D eigenvalue weighted by molar-refractivity contribution is 7.98. The molecule has 4 aromatic heterocycles. The molecule has 5 aromatic rings. The van der Waals surface area contributed by atoms with Gasteiger partial charge in [-0.05, 0) is 49.1 Å². The first kappa shape index (κ1) is 22.0. The summed E-state index contributed by atoms with van der Waals surface area (Å²) < 4.78 is 6.76. The average Bonchev–Trinajstić information content (AvgIpc) is 3.47. The van der Waals surface area contributed by atoms with Crippen molar-refractivity contribution in [2.45, 2.75) is 18.4 Å². The van der Waals surface area contributed by atoms with Crippen LogP contribution in [-0.2, 0) is 11.3 Å². The summed E-state index contributed by atoms with van der Waals surface area (Å²) in [5.41, 5.74) is 1.84. The summed E-state index contributed by atoms with van der Waals surface area (Å²) in [6.07, 6.45) is 6.65. The number of amides is 1. The van der Waals surface area contributed by atoms with Crippen molar-refractivity contribution >= 4 is 44.9 Å². The molecule has 0 aliphatic heterocycles. The summed E-state index contributed by atoms with van der Waals surface area (Å²) in [5.74, 6) is 0.431. The van der Waals surface area contributed by atoms with Crippen molar-refractivity contribution < 1.29 is 9.32 Å². The molecule has 5 rings (SSSR count). The van der Waals surface area contributed by atoms with Crippen molar-refractivity contribution in [2.75, 3.05) is 11.6 Å². The largest absolute Gasteiger partial charge is 0.333 e. The molecule has 0 spiro atoms. The summed E-state index contributed by atoms with van der Waals surface area (Å²) in [4.78, 5) is 40.9. The highest BCUT2D eigenvalue weighted by Gasteiger charge is 2.21. The van der Waals surface area contributed by atoms with Crippen LogP contribution >= 0.6 is 23.1 Å². The Morgan fingerprint density at radius 1 is 1.24 bits per heavy atom. The molecule has 170 valence electrons. The monoisotopic (exact) mass is 490 g/mol. The van der Waals surface area contributed by atoms with E-state index in [4.69, 9.17) is 4.52 Å². The maximum absolute atomic E-state index is 13.2. The number of benzene rings is 1. The lowest BCUT2D eigenvalue weighted by Gasteiger charge is -2.08. The standard InChI is InChI=1S/C23H18N6O3S2/c1-13-18-22(34-19(13)21-27-20(28-32-21)14-6-8-24-9-7-14)25-12-29(23(18)31)11-17(30)26-15-4-3-5-16(10-15)33-2/h3-10,12H,11H2,1-2H3,(H,26,30). The Morgan fingerprint density at radius 2 is 2.06 bits per heavy atom. The van der Waals surface area contributed by atoms with Gasteiger partial charge in [-0.1, -0.05) is 11.2 Å². The number of fused-ring (bicyclic) bond motifs is 1. The second-order valence-corrected chi connectivity index (χ2v) is 9.23. The third kappa shape index (κ3) is 4.22. The molecule has 0 unspecified atom stereocenters. The number of thiophene rings is 1. The summed E-state index contributed by atoms with van der Waals surface area (Å²) in [5, 5.41) is 7.30. The Bertz CT molecular complexity index is 1560. The van der Waals surface area contributed by atoms with E-state index in [0.29, 0.717) is 38.1 Å². The SMILES string of the molecule is CSc1cccc(NC(=O)Cn2cnc3sc(-c4nc(-c5ccncc5)no4)c(C)c3c2=O)c1. The molecule has 0 bridgehead atoms. The molecule has 0 aliphatic rings. The number of carbonyl (C=O) groups excluding carboxylic acids is 1. The molecule has 9 nitrogen and oxygen atoms in total. The molecule has 0 fully saturated rings. The van der Waals surface area contributed by atoms with Crippen LogP contribution in [0.1, 0.15) is 5.56 Å². The lowest BCUT2D eigenvalue weighted by molar-refractivity contribution is -0.116. The van der Waals surface area contributed by atoms with Crippen molar-refractivity contribution in [3.63, 3.8) is 0 Å². The van der Waals surface area contributed by atoms with Gasteiger partial charge < -0.3 is 9.84 Å². The van der Waals surface area contributed by atoms with Crippen LogP contribution in [0.3, 0.4) is 0 Å². The topological polar surface area (TPSA) is 116 Å². The Labute approximate surface area is 201 Å². The van der Waals surface area contributed by atoms with Gasteiger partial charge in [0.15, 0.2) is 0 Å². The zero-order valence-corrected chi connectivity index (χ0v) is 19.8. The van der Waals surface area contributed by atoms with Crippen LogP contribution in [-0.4, -0.2) is 36.8 Å². The number of anilines is 1. The van der Waals surface area contributed by atoms with Gasteiger partial charge in [-0.15, -0.1) is 23.1 Å². The quantitative estimate of drug-likeness (QED) is 0.352. The summed E-state index contributed by atoms with van der Waals surface area (Å²) in [6.45, 7) is 1.66. The number of carbonyl (C=O) groups is 1. The maximum atomic E-state index is 13.2. The highest BCUT2D eigenvalue weighted by Crippen LogP contribution is 2.35. The first-order valence-electron chi connectivity index (χ1n) is 10.2. The highest BCUT2D eigenvalue weighted by atomic mass is 32.2. The van der Waals surface area contributed by atoms with Gasteiger partial charge in [-0.2, -0.15) is 4.98 Å². The minimum absolute atomic E-state index is 0.150. The minimum Gasteiger partial charge on any atom is -0.333 e. The van der Waals surface area contributed by atoms with E-state index in [1.165, 1.54) is 22.2 Å². The van der Waals surface area contributed by atoms with Crippen molar-refractivity contribution in [1.82, 2.24) is 24.7 Å². The van der Waals surface area contributed by atoms with Crippen molar-refractivity contribution in [3.8, 4) is 22.2 Å². The van der Waals surface area contributed by atoms with Gasteiger partial charge in [0, 0.05) is 28.5 Å². The number of hydrogen-bond donors (Lipinski definition) is 1. The normalized spacial score (nSPS) is 11.1. The summed E-state index contributed by atoms with van der Waals surface area (Å²) in [7, 11) is 0. The van der Waals surface area contributed by atoms with Crippen LogP contribution in [0.15, 0.2) is 69.3 Å². The summed E-state index contributed by atoms with van der Waals surface area (Å²) in [6, 6.07) is 11.1. The third-order valence-corrected chi connectivity index (χ3v) is 7.06. The molecule has 1 amide bonds. The van der Waals surface area contributed by atoms with E-state index >= 15 is 0 Å². The lowest BCUT2D eigenvalue weighted by Crippen LogP contribution is -2.27. The van der Waals surface area contributed by atoms with Gasteiger partial charge in [0.2, 0.25) is 11.7 Å². The van der Waals surface area contributed by atoms with Gasteiger partial charge in [0.1, 0.15) is 11.4 Å². The Kier molecular flexibility index (Phi) is 5.95. The van der Waals surface area contributed by atoms with E-state index in [2.05, 4.69) is 25.4 Å². The van der Waals surface area contributed by atoms with Crippen molar-refractivity contribution in [2.24, 2.45) is 0 Å². The van der Waals surface area contributed by atoms with Crippen LogP contribution < -0.4 is 10.9 Å². The molecule has 1 N–H and O–H groups in total. The van der Waals surface area contributed by atoms with Crippen molar-refractivity contribution in [1.29, 1.82) is 0 Å². The van der Waals surface area contributed by atoms with Gasteiger partial charge >= 0.3 is 0 Å². The molecule has 1 aromatic carbocycles. The molecular formula is C23H18N6O3S2. The minimum atomic E-state index is -0.312. The van der Waals surface area contributed by atoms with E-state index in [0.717, 1.165) is 10.5 Å². The number of aromatic nitrogens is 5. The van der Waals surface area contributed by atoms with Crippen LogP contribution in [0.4, 0.5) is 5.69 Å². The van der Waals surface area contributed by atoms with Gasteiger partial charge in [-0.25, -0.2) is 4.98 Å². The number of pyridine rings is 1. The van der Waals surface area contributed by atoms with E-state index < -0.39 is 0 Å². The second-order valence-electron chi connectivity index (χ2n) is 7.35. The molecule has 34 heavy (non-hydrogen) atoms. The zero-order valence-electron chi connectivity index (χ0n) is 18.2. The van der Waals surface area contributed by atoms with Gasteiger partial charge in [-0.3, -0.25) is 19.1 Å². The van der Waals surface area contributed by atoms with E-state index in [-0.39, 0.29) is 18.0 Å². The zero-order chi connectivity index (χ0) is 23.7. The summed E-state index contributed by atoms with van der Waals surface area (Å²) >= 11 is 2.88. The average molecular weight is 491 g/mol. The van der Waals surface area contributed by atoms with E-state index in [9.17, 15) is 9.59 Å². The first-order chi connectivity index (χ1) is 16.5. The van der Waals surface area contributed by atoms with E-state index in [1.54, 1.807) is 36.3 Å². The predicted molar refractivity (Wildman–Crippen MR) is 132 cm³/mol. The van der Waals surface area contributed by atoms with Crippen LogP contribution in [0.25, 0.3) is 32.4 Å². The molecule has 0 saturated heterocycles. The molecule has 0 atom stereocenters. The Morgan fingerprint density at radius 3 is 2.85 bits per heavy atom. The fraction of sp³-hybridized carbons (Fsp3) is 0.130. The first-order valence-corrected chi connectivity index (χ1v) is 12.2. The fourth-order valence-electron chi connectivity index (χ4n) is 3.47. The Hall–Kier alpha value is -3.83. The number of hydrogen-bond acceptors (Lipinski definition) is 9. The maximum Gasteiger partial charge on any atom is 0.268 e. The predicted octanol–water partition coefficient (Wildman–Crippen LogP) is 4.24. The number of aryl methyl sites for hydroxylation is 1. The van der Waals surface area contributed by atoms with Crippen LogP contribution in [0.2, 0.25) is 0 Å². The van der Waals surface area contributed by atoms with Crippen molar-refractivity contribution in [3.05, 3.63) is 71.0 Å². The molecule has 0 aliphatic carbocycles. The molecule has 0 radical (unpaired) electrons. The van der Waals surface area contributed by atoms with Gasteiger partial charge in [0.05, 0.1) is 16.6 Å². The second kappa shape index (κ2) is 9.20.